The molecule has 6 nitrogen and oxygen atoms in total. The summed E-state index contributed by atoms with van der Waals surface area (Å²) in [7, 11) is -4.38. The summed E-state index contributed by atoms with van der Waals surface area (Å²) in [5.41, 5.74) is 0. The van der Waals surface area contributed by atoms with Crippen LogP contribution in [-0.2, 0) is 14.9 Å². The fraction of sp³-hybridized carbons (Fsp3) is 0.500. The Labute approximate surface area is 249 Å². The summed E-state index contributed by atoms with van der Waals surface area (Å²) in [5, 5.41) is 13.0. The Kier molecular flexibility index (Phi) is 25.6. The molecule has 3 N–H and O–H groups in total. The summed E-state index contributed by atoms with van der Waals surface area (Å²) in [6.45, 7) is 4.28. The van der Waals surface area contributed by atoms with Crippen LogP contribution >= 0.6 is 0 Å². The molecule has 0 rings (SSSR count). The molecule has 0 aliphatic heterocycles. The highest BCUT2D eigenvalue weighted by Crippen LogP contribution is 2.05. The van der Waals surface area contributed by atoms with Gasteiger partial charge in [0, 0.05) is 6.42 Å². The monoisotopic (exact) mass is 587 g/mol. The predicted octanol–water partition coefficient (Wildman–Crippen LogP) is 7.89. The third-order valence-corrected chi connectivity index (χ3v) is 6.51. The number of unbranched alkanes of at least 4 members (excludes halogenated alkanes) is 3. The van der Waals surface area contributed by atoms with Crippen LogP contribution in [0.4, 0.5) is 0 Å². The standard InChI is InChI=1S/C34H53NO5S/c1-3-5-7-9-11-13-15-16-17-18-20-22-24-26-28-30-34(37)35-32(31-41(38,39)40)33(36)29-27-25-23-21-19-14-12-10-8-6-4-2/h5,7-8,10-11,13,16-17,19-22,26-29,32-33,36H,3-4,6,9,12,14-15,18,23-25,30-31H2,1-2H3,(H,35,37)(H,38,39,40)/b7-5-,10-8+,13-11-,17-16-,21-19+,22-20-,28-26-,29-27+. The molecule has 2 atom stereocenters. The van der Waals surface area contributed by atoms with Crippen molar-refractivity contribution >= 4 is 16.0 Å². The molecular weight excluding hydrogens is 534 g/mol. The molecule has 0 heterocycles. The summed E-state index contributed by atoms with van der Waals surface area (Å²) in [6, 6.07) is -1.14. The van der Waals surface area contributed by atoms with E-state index in [0.717, 1.165) is 57.8 Å². The van der Waals surface area contributed by atoms with E-state index in [1.165, 1.54) is 6.08 Å². The van der Waals surface area contributed by atoms with E-state index in [0.29, 0.717) is 12.8 Å². The Morgan fingerprint density at radius 3 is 1.56 bits per heavy atom. The number of amides is 1. The first-order valence-corrected chi connectivity index (χ1v) is 16.5. The van der Waals surface area contributed by atoms with Crippen LogP contribution < -0.4 is 5.32 Å². The number of allylic oxidation sites excluding steroid dienone is 14. The third kappa shape index (κ3) is 28.6. The Hall–Kier alpha value is -2.74. The molecule has 0 aliphatic carbocycles. The molecule has 0 aromatic rings. The Bertz CT molecular complexity index is 1000. The smallest absolute Gasteiger partial charge is 0.267 e. The minimum atomic E-state index is -4.38. The Morgan fingerprint density at radius 1 is 0.659 bits per heavy atom. The first-order valence-electron chi connectivity index (χ1n) is 14.9. The molecule has 0 saturated carbocycles. The van der Waals surface area contributed by atoms with Gasteiger partial charge < -0.3 is 10.4 Å². The zero-order valence-electron chi connectivity index (χ0n) is 25.1. The van der Waals surface area contributed by atoms with Crippen molar-refractivity contribution < 1.29 is 22.9 Å². The van der Waals surface area contributed by atoms with E-state index in [-0.39, 0.29) is 6.42 Å². The van der Waals surface area contributed by atoms with Crippen LogP contribution in [-0.4, -0.2) is 41.9 Å². The second-order valence-electron chi connectivity index (χ2n) is 9.64. The molecule has 0 bridgehead atoms. The maximum absolute atomic E-state index is 12.3. The van der Waals surface area contributed by atoms with Gasteiger partial charge in [0.05, 0.1) is 17.9 Å². The SMILES string of the molecule is CC/C=C\C/C=C\C/C=C\C/C=C\C/C=C\CC(=O)NC(CS(=O)(=O)O)C(O)/C=C/CC/C=C/CC/C=C/CCC. The van der Waals surface area contributed by atoms with Gasteiger partial charge in [-0.25, -0.2) is 0 Å². The molecule has 7 heteroatoms. The normalized spacial score (nSPS) is 14.9. The number of carbonyl (C=O) groups is 1. The average molecular weight is 588 g/mol. The van der Waals surface area contributed by atoms with Gasteiger partial charge in [-0.1, -0.05) is 117 Å². The van der Waals surface area contributed by atoms with Gasteiger partial charge in [0.1, 0.15) is 0 Å². The van der Waals surface area contributed by atoms with Crippen molar-refractivity contribution in [2.75, 3.05) is 5.75 Å². The molecular formula is C34H53NO5S. The van der Waals surface area contributed by atoms with Crippen molar-refractivity contribution in [3.8, 4) is 0 Å². The molecule has 41 heavy (non-hydrogen) atoms. The molecule has 0 aromatic heterocycles. The molecule has 0 fully saturated rings. The van der Waals surface area contributed by atoms with E-state index < -0.39 is 33.9 Å². The minimum Gasteiger partial charge on any atom is -0.387 e. The summed E-state index contributed by atoms with van der Waals surface area (Å²) < 4.78 is 32.1. The fourth-order valence-corrected chi connectivity index (χ4v) is 4.29. The van der Waals surface area contributed by atoms with Crippen LogP contribution in [0.1, 0.15) is 90.9 Å². The number of carbonyl (C=O) groups excluding carboxylic acids is 1. The maximum atomic E-state index is 12.3. The van der Waals surface area contributed by atoms with Crippen LogP contribution in [0.25, 0.3) is 0 Å². The van der Waals surface area contributed by atoms with E-state index in [1.54, 1.807) is 12.2 Å². The Balaban J connectivity index is 4.39. The van der Waals surface area contributed by atoms with Gasteiger partial charge in [-0.05, 0) is 64.2 Å². The molecule has 0 aromatic carbocycles. The summed E-state index contributed by atoms with van der Waals surface area (Å²) >= 11 is 0. The fourth-order valence-electron chi connectivity index (χ4n) is 3.55. The highest BCUT2D eigenvalue weighted by Gasteiger charge is 2.24. The van der Waals surface area contributed by atoms with Gasteiger partial charge in [-0.3, -0.25) is 9.35 Å². The highest BCUT2D eigenvalue weighted by atomic mass is 32.2. The van der Waals surface area contributed by atoms with Gasteiger partial charge >= 0.3 is 0 Å². The minimum absolute atomic E-state index is 0.0460. The quantitative estimate of drug-likeness (QED) is 0.0605. The highest BCUT2D eigenvalue weighted by molar-refractivity contribution is 7.85. The summed E-state index contributed by atoms with van der Waals surface area (Å²) in [4.78, 5) is 12.3. The number of aliphatic hydroxyl groups excluding tert-OH is 1. The zero-order chi connectivity index (χ0) is 30.4. The molecule has 0 spiro atoms. The lowest BCUT2D eigenvalue weighted by molar-refractivity contribution is -0.121. The third-order valence-electron chi connectivity index (χ3n) is 5.73. The first-order chi connectivity index (χ1) is 19.8. The number of nitrogens with one attached hydrogen (secondary N) is 1. The predicted molar refractivity (Wildman–Crippen MR) is 174 cm³/mol. The van der Waals surface area contributed by atoms with E-state index in [1.807, 2.05) is 12.2 Å². The van der Waals surface area contributed by atoms with Crippen molar-refractivity contribution in [2.24, 2.45) is 0 Å². The van der Waals surface area contributed by atoms with E-state index >= 15 is 0 Å². The molecule has 2 unspecified atom stereocenters. The van der Waals surface area contributed by atoms with E-state index in [9.17, 15) is 22.9 Å². The van der Waals surface area contributed by atoms with Crippen molar-refractivity contribution in [3.05, 3.63) is 97.2 Å². The van der Waals surface area contributed by atoms with Crippen molar-refractivity contribution in [2.45, 2.75) is 103 Å². The molecule has 0 aliphatic rings. The Morgan fingerprint density at radius 2 is 1.10 bits per heavy atom. The number of hydrogen-bond donors (Lipinski definition) is 3. The maximum Gasteiger partial charge on any atom is 0.267 e. The lowest BCUT2D eigenvalue weighted by Gasteiger charge is -2.20. The topological polar surface area (TPSA) is 104 Å². The van der Waals surface area contributed by atoms with Gasteiger partial charge in [0.15, 0.2) is 0 Å². The largest absolute Gasteiger partial charge is 0.387 e. The molecule has 1 amide bonds. The van der Waals surface area contributed by atoms with Crippen LogP contribution in [0.3, 0.4) is 0 Å². The van der Waals surface area contributed by atoms with E-state index in [4.69, 9.17) is 0 Å². The van der Waals surface area contributed by atoms with Gasteiger partial charge in [-0.2, -0.15) is 8.42 Å². The van der Waals surface area contributed by atoms with Crippen LogP contribution in [0, 0.1) is 0 Å². The second kappa shape index (κ2) is 27.4. The van der Waals surface area contributed by atoms with Gasteiger partial charge in [-0.15, -0.1) is 0 Å². The lowest BCUT2D eigenvalue weighted by atomic mass is 10.1. The van der Waals surface area contributed by atoms with Crippen LogP contribution in [0.2, 0.25) is 0 Å². The summed E-state index contributed by atoms with van der Waals surface area (Å²) in [6.07, 6.45) is 41.3. The van der Waals surface area contributed by atoms with Gasteiger partial charge in [0.25, 0.3) is 10.1 Å². The first kappa shape index (κ1) is 38.3. The lowest BCUT2D eigenvalue weighted by Crippen LogP contribution is -2.46. The second-order valence-corrected chi connectivity index (χ2v) is 11.1. The van der Waals surface area contributed by atoms with Crippen molar-refractivity contribution in [3.63, 3.8) is 0 Å². The molecule has 230 valence electrons. The van der Waals surface area contributed by atoms with Crippen LogP contribution in [0.15, 0.2) is 97.2 Å². The summed E-state index contributed by atoms with van der Waals surface area (Å²) in [5.74, 6) is -1.19. The van der Waals surface area contributed by atoms with Crippen molar-refractivity contribution in [1.29, 1.82) is 0 Å². The van der Waals surface area contributed by atoms with Gasteiger partial charge in [0.2, 0.25) is 5.91 Å². The van der Waals surface area contributed by atoms with E-state index in [2.05, 4.69) is 86.0 Å². The molecule has 0 saturated heterocycles. The number of hydrogen-bond acceptors (Lipinski definition) is 4. The zero-order valence-corrected chi connectivity index (χ0v) is 25.9. The van der Waals surface area contributed by atoms with Crippen molar-refractivity contribution in [1.82, 2.24) is 5.32 Å². The number of aliphatic hydroxyl groups is 1. The average Bonchev–Trinajstić information content (AvgIpc) is 2.92. The number of rotatable bonds is 24. The van der Waals surface area contributed by atoms with Crippen LogP contribution in [0.5, 0.6) is 0 Å². The molecule has 0 radical (unpaired) electrons.